The quantitative estimate of drug-likeness (QED) is 0.812. The first-order chi connectivity index (χ1) is 5.22. The molecule has 11 heavy (non-hydrogen) atoms. The second kappa shape index (κ2) is 3.94. The maximum atomic E-state index is 10.5. The summed E-state index contributed by atoms with van der Waals surface area (Å²) in [7, 11) is 6.54. The molecule has 0 aliphatic carbocycles. The van der Waals surface area contributed by atoms with Crippen LogP contribution in [0.25, 0.3) is 0 Å². The molecule has 0 aromatic carbocycles. The Morgan fingerprint density at radius 2 is 2.64 bits per heavy atom. The number of hydrogen-bond acceptors (Lipinski definition) is 4. The highest BCUT2D eigenvalue weighted by Crippen LogP contribution is 2.30. The van der Waals surface area contributed by atoms with E-state index in [-0.39, 0.29) is 5.91 Å². The van der Waals surface area contributed by atoms with E-state index >= 15 is 0 Å². The minimum absolute atomic E-state index is 0.120. The molecular weight excluding hydrogens is 204 g/mol. The van der Waals surface area contributed by atoms with E-state index in [1.165, 1.54) is 18.3 Å². The lowest BCUT2D eigenvalue weighted by Gasteiger charge is -1.91. The molecule has 1 rings (SSSR count). The Balaban J connectivity index is 2.65. The molecule has 0 unspecified atom stereocenters. The van der Waals surface area contributed by atoms with Gasteiger partial charge in [0.25, 0.3) is 0 Å². The van der Waals surface area contributed by atoms with Crippen LogP contribution in [0.15, 0.2) is 10.4 Å². The van der Waals surface area contributed by atoms with Crippen LogP contribution in [0.1, 0.15) is 6.92 Å². The third-order valence-electron chi connectivity index (χ3n) is 0.843. The summed E-state index contributed by atoms with van der Waals surface area (Å²) in [4.78, 5) is 14.4. The van der Waals surface area contributed by atoms with Gasteiger partial charge in [0.2, 0.25) is 5.91 Å². The molecule has 0 radical (unpaired) electrons. The number of amides is 1. The molecule has 1 aromatic heterocycles. The molecule has 0 atom stereocenters. The zero-order valence-corrected chi connectivity index (χ0v) is 8.02. The zero-order chi connectivity index (χ0) is 8.27. The number of carbonyl (C=O) groups excluding carboxylic acids is 1. The number of nitrogens with zero attached hydrogens (tertiary/aromatic N) is 1. The van der Waals surface area contributed by atoms with Gasteiger partial charge >= 0.3 is 0 Å². The van der Waals surface area contributed by atoms with Gasteiger partial charge in [-0.05, 0) is 21.7 Å². The van der Waals surface area contributed by atoms with Crippen molar-refractivity contribution < 1.29 is 4.79 Å². The molecule has 0 spiro atoms. The largest absolute Gasteiger partial charge is 0.302 e. The van der Waals surface area contributed by atoms with Gasteiger partial charge in [-0.15, -0.1) is 0 Å². The van der Waals surface area contributed by atoms with Crippen LogP contribution < -0.4 is 5.32 Å². The van der Waals surface area contributed by atoms with E-state index in [0.29, 0.717) is 5.13 Å². The highest BCUT2D eigenvalue weighted by molar-refractivity contribution is 8.22. The molecule has 0 saturated heterocycles. The van der Waals surface area contributed by atoms with E-state index in [2.05, 4.69) is 10.3 Å². The highest BCUT2D eigenvalue weighted by Gasteiger charge is 2.01. The van der Waals surface area contributed by atoms with Gasteiger partial charge < -0.3 is 5.32 Å². The van der Waals surface area contributed by atoms with Crippen LogP contribution in [0.2, 0.25) is 0 Å². The predicted octanol–water partition coefficient (Wildman–Crippen LogP) is 2.35. The molecule has 1 amide bonds. The second-order valence-electron chi connectivity index (χ2n) is 1.74. The molecule has 0 bridgehead atoms. The predicted molar refractivity (Wildman–Crippen MR) is 48.1 cm³/mol. The number of carbonyl (C=O) groups is 1. The average Bonchev–Trinajstić information content (AvgIpc) is 2.34. The van der Waals surface area contributed by atoms with Crippen LogP contribution >= 0.6 is 33.0 Å². The molecular formula is C5H5ClN2OS2. The Morgan fingerprint density at radius 3 is 3.09 bits per heavy atom. The maximum Gasteiger partial charge on any atom is 0.223 e. The van der Waals surface area contributed by atoms with Gasteiger partial charge in [-0.1, -0.05) is 11.3 Å². The van der Waals surface area contributed by atoms with Crippen molar-refractivity contribution in [2.24, 2.45) is 0 Å². The van der Waals surface area contributed by atoms with Crippen LogP contribution in [0, 0.1) is 0 Å². The SMILES string of the molecule is CC(=O)Nc1ncc(SCl)s1. The Bertz CT molecular complexity index is 263. The third kappa shape index (κ3) is 2.69. The fraction of sp³-hybridized carbons (Fsp3) is 0.200. The van der Waals surface area contributed by atoms with E-state index < -0.39 is 0 Å². The molecule has 6 heteroatoms. The summed E-state index contributed by atoms with van der Waals surface area (Å²) in [5.41, 5.74) is 0. The summed E-state index contributed by atoms with van der Waals surface area (Å²) >= 11 is 1.35. The molecule has 3 nitrogen and oxygen atoms in total. The lowest BCUT2D eigenvalue weighted by Crippen LogP contribution is -2.04. The third-order valence-corrected chi connectivity index (χ3v) is 3.08. The molecule has 60 valence electrons. The normalized spacial score (nSPS) is 9.64. The number of nitrogens with one attached hydrogen (secondary N) is 1. The number of anilines is 1. The van der Waals surface area contributed by atoms with Crippen LogP contribution in [-0.4, -0.2) is 10.9 Å². The van der Waals surface area contributed by atoms with Crippen molar-refractivity contribution in [1.82, 2.24) is 4.98 Å². The molecule has 1 heterocycles. The van der Waals surface area contributed by atoms with Crippen molar-refractivity contribution in [1.29, 1.82) is 0 Å². The Morgan fingerprint density at radius 1 is 1.91 bits per heavy atom. The fourth-order valence-electron chi connectivity index (χ4n) is 0.503. The van der Waals surface area contributed by atoms with E-state index in [1.54, 1.807) is 6.20 Å². The number of hydrogen-bond donors (Lipinski definition) is 1. The van der Waals surface area contributed by atoms with Gasteiger partial charge in [0.05, 0.1) is 10.4 Å². The lowest BCUT2D eigenvalue weighted by molar-refractivity contribution is -0.114. The first-order valence-electron chi connectivity index (χ1n) is 2.74. The van der Waals surface area contributed by atoms with Gasteiger partial charge in [0.1, 0.15) is 0 Å². The summed E-state index contributed by atoms with van der Waals surface area (Å²) in [6.45, 7) is 1.44. The molecule has 1 aromatic rings. The minimum Gasteiger partial charge on any atom is -0.302 e. The van der Waals surface area contributed by atoms with Crippen LogP contribution in [-0.2, 0) is 4.79 Å². The van der Waals surface area contributed by atoms with Crippen molar-refractivity contribution in [3.05, 3.63) is 6.20 Å². The van der Waals surface area contributed by atoms with Crippen molar-refractivity contribution in [3.8, 4) is 0 Å². The van der Waals surface area contributed by atoms with Crippen LogP contribution in [0.4, 0.5) is 5.13 Å². The summed E-state index contributed by atoms with van der Waals surface area (Å²) in [6, 6.07) is 0. The van der Waals surface area contributed by atoms with Gasteiger partial charge in [0, 0.05) is 6.92 Å². The summed E-state index contributed by atoms with van der Waals surface area (Å²) < 4.78 is 0.871. The first kappa shape index (κ1) is 8.83. The van der Waals surface area contributed by atoms with Crippen molar-refractivity contribution in [3.63, 3.8) is 0 Å². The van der Waals surface area contributed by atoms with Gasteiger partial charge in [-0.3, -0.25) is 4.79 Å². The Hall–Kier alpha value is -0.260. The monoisotopic (exact) mass is 208 g/mol. The van der Waals surface area contributed by atoms with Gasteiger partial charge in [-0.25, -0.2) is 4.98 Å². The number of rotatable bonds is 2. The Labute approximate surface area is 76.7 Å². The van der Waals surface area contributed by atoms with Gasteiger partial charge in [0.15, 0.2) is 5.13 Å². The number of halogens is 1. The van der Waals surface area contributed by atoms with E-state index in [1.807, 2.05) is 0 Å². The van der Waals surface area contributed by atoms with E-state index in [0.717, 1.165) is 15.2 Å². The van der Waals surface area contributed by atoms with Gasteiger partial charge in [-0.2, -0.15) is 0 Å². The lowest BCUT2D eigenvalue weighted by atomic mass is 10.7. The standard InChI is InChI=1S/C5H5ClN2OS2/c1-3(9)8-5-7-2-4(10-5)11-6/h2H,1H3,(H,7,8,9). The molecule has 0 saturated carbocycles. The summed E-state index contributed by atoms with van der Waals surface area (Å²) in [5.74, 6) is -0.120. The summed E-state index contributed by atoms with van der Waals surface area (Å²) in [5, 5.41) is 3.14. The first-order valence-corrected chi connectivity index (χ1v) is 5.20. The fourth-order valence-corrected chi connectivity index (χ4v) is 1.96. The zero-order valence-electron chi connectivity index (χ0n) is 5.63. The van der Waals surface area contributed by atoms with Crippen LogP contribution in [0.3, 0.4) is 0 Å². The van der Waals surface area contributed by atoms with Crippen molar-refractivity contribution >= 4 is 44.0 Å². The molecule has 0 fully saturated rings. The molecule has 1 N–H and O–H groups in total. The topological polar surface area (TPSA) is 42.0 Å². The van der Waals surface area contributed by atoms with E-state index in [9.17, 15) is 4.79 Å². The summed E-state index contributed by atoms with van der Waals surface area (Å²) in [6.07, 6.45) is 1.62. The number of thiazole rings is 1. The highest BCUT2D eigenvalue weighted by atomic mass is 35.7. The average molecular weight is 209 g/mol. The van der Waals surface area contributed by atoms with Crippen LogP contribution in [0.5, 0.6) is 0 Å². The maximum absolute atomic E-state index is 10.5. The van der Waals surface area contributed by atoms with Crippen molar-refractivity contribution in [2.45, 2.75) is 11.1 Å². The van der Waals surface area contributed by atoms with E-state index in [4.69, 9.17) is 10.7 Å². The second-order valence-corrected chi connectivity index (χ2v) is 4.09. The Kier molecular flexibility index (Phi) is 3.16. The molecule has 0 aliphatic heterocycles. The molecule has 0 aliphatic rings. The smallest absolute Gasteiger partial charge is 0.223 e. The minimum atomic E-state index is -0.120. The number of aromatic nitrogens is 1. The van der Waals surface area contributed by atoms with Crippen molar-refractivity contribution in [2.75, 3.05) is 5.32 Å².